The third kappa shape index (κ3) is 3.54. The highest BCUT2D eigenvalue weighted by molar-refractivity contribution is 7.87. The molecule has 5 nitrogen and oxygen atoms in total. The zero-order chi connectivity index (χ0) is 21.6. The topological polar surface area (TPSA) is 94.8 Å². The van der Waals surface area contributed by atoms with E-state index in [1.165, 1.54) is 36.4 Å². The second kappa shape index (κ2) is 7.87. The lowest BCUT2D eigenvalue weighted by molar-refractivity contribution is 0.455. The van der Waals surface area contributed by atoms with Crippen LogP contribution in [0.4, 0.5) is 0 Å². The molecule has 0 aliphatic heterocycles. The lowest BCUT2D eigenvalue weighted by Gasteiger charge is -2.34. The summed E-state index contributed by atoms with van der Waals surface area (Å²) in [4.78, 5) is 0. The third-order valence-corrected chi connectivity index (χ3v) is 7.11. The zero-order valence-electron chi connectivity index (χ0n) is 14.3. The fraction of sp³-hybridized carbons (Fsp3) is 0.0526. The number of rotatable bonds is 4. The second-order valence-corrected chi connectivity index (χ2v) is 9.23. The van der Waals surface area contributed by atoms with Gasteiger partial charge >= 0.3 is 0 Å². The van der Waals surface area contributed by atoms with Crippen LogP contribution >= 0.6 is 46.4 Å². The number of phenolic OH excluding ortho intramolecular Hbond substituents is 2. The average molecular weight is 494 g/mol. The summed E-state index contributed by atoms with van der Waals surface area (Å²) in [7, 11) is -5.12. The second-order valence-electron chi connectivity index (χ2n) is 6.06. The molecular weight excluding hydrogens is 482 g/mol. The van der Waals surface area contributed by atoms with Crippen LogP contribution in [0.15, 0.2) is 54.6 Å². The highest BCUT2D eigenvalue weighted by atomic mass is 35.5. The van der Waals surface area contributed by atoms with Gasteiger partial charge in [-0.2, -0.15) is 8.42 Å². The highest BCUT2D eigenvalue weighted by Gasteiger charge is 2.52. The summed E-state index contributed by atoms with van der Waals surface area (Å²) in [6.07, 6.45) is 0. The summed E-state index contributed by atoms with van der Waals surface area (Å²) in [5.41, 5.74) is -0.581. The summed E-state index contributed by atoms with van der Waals surface area (Å²) >= 11 is 24.8. The van der Waals surface area contributed by atoms with Crippen LogP contribution in [0, 0.1) is 0 Å². The summed E-state index contributed by atoms with van der Waals surface area (Å²) in [6, 6.07) is 12.1. The minimum absolute atomic E-state index is 0.0324. The Kier molecular flexibility index (Phi) is 5.98. The molecular formula is C19H12Cl4O5S. The summed E-state index contributed by atoms with van der Waals surface area (Å²) in [5.74, 6) is -0.916. The molecule has 3 N–H and O–H groups in total. The van der Waals surface area contributed by atoms with Crippen molar-refractivity contribution >= 4 is 56.5 Å². The van der Waals surface area contributed by atoms with Gasteiger partial charge < -0.3 is 10.2 Å². The van der Waals surface area contributed by atoms with Crippen LogP contribution in [0.3, 0.4) is 0 Å². The zero-order valence-corrected chi connectivity index (χ0v) is 18.1. The molecule has 0 saturated heterocycles. The molecule has 1 unspecified atom stereocenters. The first-order chi connectivity index (χ1) is 13.5. The van der Waals surface area contributed by atoms with E-state index in [0.717, 1.165) is 12.1 Å². The predicted octanol–water partition coefficient (Wildman–Crippen LogP) is 5.89. The Balaban J connectivity index is 2.67. The molecule has 29 heavy (non-hydrogen) atoms. The lowest BCUT2D eigenvalue weighted by Crippen LogP contribution is -2.39. The maximum absolute atomic E-state index is 13.0. The van der Waals surface area contributed by atoms with Crippen molar-refractivity contribution in [3.63, 3.8) is 0 Å². The highest BCUT2D eigenvalue weighted by Crippen LogP contribution is 2.54. The molecule has 0 bridgehead atoms. The third-order valence-electron chi connectivity index (χ3n) is 4.39. The fourth-order valence-electron chi connectivity index (χ4n) is 3.23. The van der Waals surface area contributed by atoms with Gasteiger partial charge in [-0.1, -0.05) is 76.7 Å². The molecule has 1 atom stereocenters. The molecule has 0 amide bonds. The van der Waals surface area contributed by atoms with E-state index in [1.54, 1.807) is 6.07 Å². The van der Waals surface area contributed by atoms with Crippen molar-refractivity contribution in [2.75, 3.05) is 0 Å². The van der Waals surface area contributed by atoms with E-state index in [-0.39, 0.29) is 37.5 Å². The quantitative estimate of drug-likeness (QED) is 0.311. The van der Waals surface area contributed by atoms with Crippen LogP contribution in [-0.4, -0.2) is 23.2 Å². The lowest BCUT2D eigenvalue weighted by atomic mass is 9.83. The van der Waals surface area contributed by atoms with E-state index < -0.39 is 25.6 Å². The standard InChI is InChI=1S/C19H12Cl4O5S/c20-13-7-2-1-6-12(13)19(29(26,27)28,10-4-3-5-11(24)8-10)16-14(21)9-15(22)18(25)17(16)23/h1-9,24-25H,(H,26,27,28). The molecule has 0 heterocycles. The molecule has 0 saturated carbocycles. The van der Waals surface area contributed by atoms with Crippen molar-refractivity contribution in [1.82, 2.24) is 0 Å². The van der Waals surface area contributed by atoms with Gasteiger partial charge in [0.25, 0.3) is 10.1 Å². The van der Waals surface area contributed by atoms with Crippen molar-refractivity contribution in [3.8, 4) is 11.5 Å². The Labute approximate surface area is 186 Å². The predicted molar refractivity (Wildman–Crippen MR) is 114 cm³/mol. The van der Waals surface area contributed by atoms with Crippen LogP contribution in [0.1, 0.15) is 16.7 Å². The Morgan fingerprint density at radius 3 is 2.03 bits per heavy atom. The molecule has 3 aromatic carbocycles. The first kappa shape index (κ1) is 22.0. The Hall–Kier alpha value is -1.67. The van der Waals surface area contributed by atoms with Gasteiger partial charge in [0.15, 0.2) is 10.5 Å². The van der Waals surface area contributed by atoms with E-state index in [9.17, 15) is 23.2 Å². The van der Waals surface area contributed by atoms with E-state index >= 15 is 0 Å². The van der Waals surface area contributed by atoms with Gasteiger partial charge in [-0.3, -0.25) is 4.55 Å². The normalized spacial score (nSPS) is 13.8. The van der Waals surface area contributed by atoms with Crippen molar-refractivity contribution in [1.29, 1.82) is 0 Å². The molecule has 0 aromatic heterocycles. The van der Waals surface area contributed by atoms with Crippen molar-refractivity contribution in [2.45, 2.75) is 4.75 Å². The molecule has 0 aliphatic carbocycles. The van der Waals surface area contributed by atoms with Gasteiger partial charge in [-0.05, 0) is 29.8 Å². The smallest absolute Gasteiger partial charge is 0.283 e. The minimum Gasteiger partial charge on any atom is -0.508 e. The monoisotopic (exact) mass is 492 g/mol. The Bertz CT molecular complexity index is 1210. The number of halogens is 4. The molecule has 0 radical (unpaired) electrons. The number of hydrogen-bond donors (Lipinski definition) is 3. The number of phenols is 2. The van der Waals surface area contributed by atoms with Crippen LogP contribution < -0.4 is 0 Å². The maximum Gasteiger partial charge on any atom is 0.283 e. The largest absolute Gasteiger partial charge is 0.508 e. The van der Waals surface area contributed by atoms with Gasteiger partial charge in [0.2, 0.25) is 0 Å². The molecule has 0 fully saturated rings. The summed E-state index contributed by atoms with van der Waals surface area (Å²) in [5, 5.41) is 19.3. The number of aromatic hydroxyl groups is 2. The van der Waals surface area contributed by atoms with Crippen LogP contribution in [0.2, 0.25) is 20.1 Å². The van der Waals surface area contributed by atoms with E-state index in [2.05, 4.69) is 0 Å². The van der Waals surface area contributed by atoms with Gasteiger partial charge in [0, 0.05) is 21.2 Å². The molecule has 152 valence electrons. The average Bonchev–Trinajstić information content (AvgIpc) is 2.63. The van der Waals surface area contributed by atoms with Gasteiger partial charge in [0.1, 0.15) is 5.75 Å². The molecule has 3 rings (SSSR count). The Morgan fingerprint density at radius 1 is 0.793 bits per heavy atom. The summed E-state index contributed by atoms with van der Waals surface area (Å²) in [6.45, 7) is 0. The van der Waals surface area contributed by atoms with Gasteiger partial charge in [-0.15, -0.1) is 0 Å². The number of benzene rings is 3. The van der Waals surface area contributed by atoms with E-state index in [0.29, 0.717) is 0 Å². The van der Waals surface area contributed by atoms with Gasteiger partial charge in [0.05, 0.1) is 10.0 Å². The van der Waals surface area contributed by atoms with Crippen LogP contribution in [0.25, 0.3) is 0 Å². The van der Waals surface area contributed by atoms with Crippen LogP contribution in [-0.2, 0) is 14.9 Å². The van der Waals surface area contributed by atoms with E-state index in [1.807, 2.05) is 0 Å². The SMILES string of the molecule is O=S(=O)(O)C(c1cccc(O)c1)(c1ccccc1Cl)c1c(Cl)cc(Cl)c(O)c1Cl. The molecule has 10 heteroatoms. The van der Waals surface area contributed by atoms with E-state index in [4.69, 9.17) is 46.4 Å². The van der Waals surface area contributed by atoms with Crippen molar-refractivity contribution in [3.05, 3.63) is 91.4 Å². The molecule has 0 spiro atoms. The van der Waals surface area contributed by atoms with Gasteiger partial charge in [-0.25, -0.2) is 0 Å². The van der Waals surface area contributed by atoms with Crippen LogP contribution in [0.5, 0.6) is 11.5 Å². The first-order valence-electron chi connectivity index (χ1n) is 7.90. The first-order valence-corrected chi connectivity index (χ1v) is 10.9. The molecule has 0 aliphatic rings. The Morgan fingerprint density at radius 2 is 1.45 bits per heavy atom. The fourth-order valence-corrected chi connectivity index (χ4v) is 6.07. The maximum atomic E-state index is 13.0. The van der Waals surface area contributed by atoms with Crippen molar-refractivity contribution < 1.29 is 23.2 Å². The summed E-state index contributed by atoms with van der Waals surface area (Å²) < 4.78 is 34.0. The molecule has 3 aromatic rings. The number of hydrogen-bond acceptors (Lipinski definition) is 4. The minimum atomic E-state index is -5.12. The van der Waals surface area contributed by atoms with Crippen molar-refractivity contribution in [2.24, 2.45) is 0 Å².